The van der Waals surface area contributed by atoms with E-state index in [-0.39, 0.29) is 27.9 Å². The van der Waals surface area contributed by atoms with Crippen LogP contribution in [0.15, 0.2) is 66.0 Å². The first-order valence-corrected chi connectivity index (χ1v) is 12.3. The SMILES string of the molecule is O=C(Nc1ncccc1OCc1ccncc1)c1ccc(Cl)c(S(=O)(=O)N2CCCCC2)c1. The van der Waals surface area contributed by atoms with Crippen LogP contribution in [0.5, 0.6) is 5.75 Å². The highest BCUT2D eigenvalue weighted by molar-refractivity contribution is 7.89. The maximum atomic E-state index is 13.1. The minimum Gasteiger partial charge on any atom is -0.485 e. The summed E-state index contributed by atoms with van der Waals surface area (Å²) in [5, 5.41) is 2.78. The quantitative estimate of drug-likeness (QED) is 0.538. The molecule has 2 aromatic heterocycles. The van der Waals surface area contributed by atoms with Gasteiger partial charge in [0.05, 0.1) is 5.02 Å². The van der Waals surface area contributed by atoms with Crippen LogP contribution in [0.4, 0.5) is 5.82 Å². The van der Waals surface area contributed by atoms with Crippen molar-refractivity contribution in [2.24, 2.45) is 0 Å². The number of pyridine rings is 2. The Morgan fingerprint density at radius 2 is 1.82 bits per heavy atom. The Morgan fingerprint density at radius 3 is 2.58 bits per heavy atom. The van der Waals surface area contributed by atoms with Crippen LogP contribution in [-0.4, -0.2) is 41.7 Å². The van der Waals surface area contributed by atoms with Crippen molar-refractivity contribution < 1.29 is 17.9 Å². The highest BCUT2D eigenvalue weighted by atomic mass is 35.5. The van der Waals surface area contributed by atoms with Gasteiger partial charge < -0.3 is 10.1 Å². The molecule has 172 valence electrons. The summed E-state index contributed by atoms with van der Waals surface area (Å²) in [6.07, 6.45) is 7.47. The third-order valence-electron chi connectivity index (χ3n) is 5.27. The Kier molecular flexibility index (Phi) is 7.22. The molecule has 8 nitrogen and oxygen atoms in total. The fourth-order valence-corrected chi connectivity index (χ4v) is 5.52. The maximum Gasteiger partial charge on any atom is 0.256 e. The molecule has 4 rings (SSSR count). The number of sulfonamides is 1. The van der Waals surface area contributed by atoms with E-state index in [0.717, 1.165) is 24.8 Å². The van der Waals surface area contributed by atoms with Crippen molar-refractivity contribution >= 4 is 33.3 Å². The molecule has 0 radical (unpaired) electrons. The summed E-state index contributed by atoms with van der Waals surface area (Å²) >= 11 is 6.22. The van der Waals surface area contributed by atoms with Gasteiger partial charge >= 0.3 is 0 Å². The van der Waals surface area contributed by atoms with Gasteiger partial charge in [-0.1, -0.05) is 18.0 Å². The summed E-state index contributed by atoms with van der Waals surface area (Å²) in [5.41, 5.74) is 1.07. The number of nitrogens with one attached hydrogen (secondary N) is 1. The molecule has 1 aliphatic heterocycles. The van der Waals surface area contributed by atoms with Gasteiger partial charge in [0.15, 0.2) is 11.6 Å². The van der Waals surface area contributed by atoms with Crippen LogP contribution in [0, 0.1) is 0 Å². The average Bonchev–Trinajstić information content (AvgIpc) is 2.85. The molecule has 1 aliphatic rings. The number of benzene rings is 1. The van der Waals surface area contributed by atoms with Crippen LogP contribution >= 0.6 is 11.6 Å². The minimum atomic E-state index is -3.79. The molecule has 10 heteroatoms. The lowest BCUT2D eigenvalue weighted by Gasteiger charge is -2.26. The van der Waals surface area contributed by atoms with Gasteiger partial charge in [-0.05, 0) is 60.9 Å². The largest absolute Gasteiger partial charge is 0.485 e. The summed E-state index contributed by atoms with van der Waals surface area (Å²) in [7, 11) is -3.79. The van der Waals surface area contributed by atoms with E-state index < -0.39 is 15.9 Å². The highest BCUT2D eigenvalue weighted by Gasteiger charge is 2.29. The zero-order chi connectivity index (χ0) is 23.3. The van der Waals surface area contributed by atoms with Crippen LogP contribution in [0.25, 0.3) is 0 Å². The molecular formula is C23H23ClN4O4S. The maximum absolute atomic E-state index is 13.1. The molecule has 1 amide bonds. The van der Waals surface area contributed by atoms with Crippen LogP contribution in [0.2, 0.25) is 5.02 Å². The zero-order valence-electron chi connectivity index (χ0n) is 17.8. The highest BCUT2D eigenvalue weighted by Crippen LogP contribution is 2.29. The second-order valence-corrected chi connectivity index (χ2v) is 9.87. The van der Waals surface area contributed by atoms with Crippen LogP contribution in [0.3, 0.4) is 0 Å². The van der Waals surface area contributed by atoms with Gasteiger partial charge in [-0.15, -0.1) is 0 Å². The summed E-state index contributed by atoms with van der Waals surface area (Å²) < 4.78 is 33.4. The Morgan fingerprint density at radius 1 is 1.06 bits per heavy atom. The van der Waals surface area contributed by atoms with E-state index >= 15 is 0 Å². The van der Waals surface area contributed by atoms with E-state index in [1.165, 1.54) is 28.7 Å². The number of carbonyl (C=O) groups is 1. The van der Waals surface area contributed by atoms with E-state index in [0.29, 0.717) is 18.8 Å². The lowest BCUT2D eigenvalue weighted by atomic mass is 10.2. The second-order valence-electron chi connectivity index (χ2n) is 7.56. The summed E-state index contributed by atoms with van der Waals surface area (Å²) in [5.74, 6) is 0.0963. The normalized spacial score (nSPS) is 14.6. The Hall–Kier alpha value is -3.01. The van der Waals surface area contributed by atoms with Gasteiger partial charge in [0.2, 0.25) is 10.0 Å². The molecule has 0 bridgehead atoms. The van der Waals surface area contributed by atoms with Crippen molar-refractivity contribution in [2.75, 3.05) is 18.4 Å². The monoisotopic (exact) mass is 486 g/mol. The van der Waals surface area contributed by atoms with Crippen molar-refractivity contribution in [3.05, 3.63) is 77.2 Å². The fourth-order valence-electron chi connectivity index (χ4n) is 3.51. The fraction of sp³-hybridized carbons (Fsp3) is 0.261. The first kappa shape index (κ1) is 23.2. The first-order valence-electron chi connectivity index (χ1n) is 10.5. The molecule has 3 heterocycles. The van der Waals surface area contributed by atoms with Crippen LogP contribution < -0.4 is 10.1 Å². The van der Waals surface area contributed by atoms with Crippen molar-refractivity contribution in [1.29, 1.82) is 0 Å². The number of aromatic nitrogens is 2. The molecule has 0 unspecified atom stereocenters. The third-order valence-corrected chi connectivity index (χ3v) is 7.65. The number of hydrogen-bond acceptors (Lipinski definition) is 6. The molecule has 0 saturated carbocycles. The lowest BCUT2D eigenvalue weighted by Crippen LogP contribution is -2.35. The topological polar surface area (TPSA) is 101 Å². The van der Waals surface area contributed by atoms with Crippen molar-refractivity contribution in [3.63, 3.8) is 0 Å². The van der Waals surface area contributed by atoms with Gasteiger partial charge in [-0.25, -0.2) is 13.4 Å². The number of amides is 1. The average molecular weight is 487 g/mol. The molecule has 1 aromatic carbocycles. The molecule has 0 aliphatic carbocycles. The second kappa shape index (κ2) is 10.3. The van der Waals surface area contributed by atoms with Crippen molar-refractivity contribution in [2.45, 2.75) is 30.8 Å². The molecule has 1 saturated heterocycles. The van der Waals surface area contributed by atoms with Gasteiger partial charge in [0.1, 0.15) is 11.5 Å². The summed E-state index contributed by atoms with van der Waals surface area (Å²) in [6, 6.07) is 11.3. The smallest absolute Gasteiger partial charge is 0.256 e. The Balaban J connectivity index is 1.53. The minimum absolute atomic E-state index is 0.0751. The zero-order valence-corrected chi connectivity index (χ0v) is 19.3. The number of carbonyl (C=O) groups excluding carboxylic acids is 1. The lowest BCUT2D eigenvalue weighted by molar-refractivity contribution is 0.102. The summed E-state index contributed by atoms with van der Waals surface area (Å²) in [6.45, 7) is 1.17. The molecule has 33 heavy (non-hydrogen) atoms. The molecule has 0 atom stereocenters. The van der Waals surface area contributed by atoms with Gasteiger partial charge in [-0.3, -0.25) is 9.78 Å². The molecular weight excluding hydrogens is 464 g/mol. The van der Waals surface area contributed by atoms with Crippen LogP contribution in [-0.2, 0) is 16.6 Å². The van der Waals surface area contributed by atoms with Gasteiger partial charge in [0, 0.05) is 37.2 Å². The number of ether oxygens (including phenoxy) is 1. The van der Waals surface area contributed by atoms with E-state index in [1.54, 1.807) is 24.5 Å². The molecule has 3 aromatic rings. The van der Waals surface area contributed by atoms with E-state index in [4.69, 9.17) is 16.3 Å². The van der Waals surface area contributed by atoms with E-state index in [9.17, 15) is 13.2 Å². The number of rotatable bonds is 7. The predicted octanol–water partition coefficient (Wildman–Crippen LogP) is 4.14. The van der Waals surface area contributed by atoms with E-state index in [1.807, 2.05) is 12.1 Å². The van der Waals surface area contributed by atoms with E-state index in [2.05, 4.69) is 15.3 Å². The van der Waals surface area contributed by atoms with Gasteiger partial charge in [-0.2, -0.15) is 4.31 Å². The molecule has 1 N–H and O–H groups in total. The van der Waals surface area contributed by atoms with Crippen molar-refractivity contribution in [3.8, 4) is 5.75 Å². The number of hydrogen-bond donors (Lipinski definition) is 1. The predicted molar refractivity (Wildman–Crippen MR) is 125 cm³/mol. The standard InChI is InChI=1S/C23H23ClN4O4S/c24-19-7-6-18(15-21(19)33(30,31)28-13-2-1-3-14-28)23(29)27-22-20(5-4-10-26-22)32-16-17-8-11-25-12-9-17/h4-12,15H,1-3,13-14,16H2,(H,26,27,29). The number of piperidine rings is 1. The molecule has 0 spiro atoms. The third kappa shape index (κ3) is 5.50. The summed E-state index contributed by atoms with van der Waals surface area (Å²) in [4.78, 5) is 21.0. The first-order chi connectivity index (χ1) is 15.9. The number of halogens is 1. The van der Waals surface area contributed by atoms with Crippen LogP contribution in [0.1, 0.15) is 35.2 Å². The van der Waals surface area contributed by atoms with Gasteiger partial charge in [0.25, 0.3) is 5.91 Å². The number of nitrogens with zero attached hydrogens (tertiary/aromatic N) is 3. The number of anilines is 1. The van der Waals surface area contributed by atoms with Crippen molar-refractivity contribution in [1.82, 2.24) is 14.3 Å². The molecule has 1 fully saturated rings. The Bertz CT molecular complexity index is 1230. The Labute approximate surface area is 197 Å².